The molecule has 4 heterocycles. The van der Waals surface area contributed by atoms with Crippen LogP contribution in [0.1, 0.15) is 19.3 Å². The molecule has 1 fully saturated rings. The molecule has 3 N–H and O–H groups in total. The third kappa shape index (κ3) is 3.88. The van der Waals surface area contributed by atoms with Crippen molar-refractivity contribution in [1.82, 2.24) is 30.1 Å². The van der Waals surface area contributed by atoms with Crippen LogP contribution in [0.2, 0.25) is 0 Å². The topological polar surface area (TPSA) is 112 Å². The zero-order valence-electron chi connectivity index (χ0n) is 20.2. The Bertz CT molecular complexity index is 1820. The first-order valence-electron chi connectivity index (χ1n) is 12.5. The number of rotatable bonds is 5. The maximum absolute atomic E-state index is 13.5. The zero-order chi connectivity index (χ0) is 25.6. The highest BCUT2D eigenvalue weighted by molar-refractivity contribution is 5.97. The van der Waals surface area contributed by atoms with Gasteiger partial charge in [-0.1, -0.05) is 30.7 Å². The molecule has 9 heteroatoms. The summed E-state index contributed by atoms with van der Waals surface area (Å²) in [7, 11) is 0. The summed E-state index contributed by atoms with van der Waals surface area (Å²) in [6, 6.07) is 17.9. The van der Waals surface area contributed by atoms with Crippen molar-refractivity contribution in [2.45, 2.75) is 19.3 Å². The van der Waals surface area contributed by atoms with E-state index >= 15 is 0 Å². The molecule has 1 aliphatic carbocycles. The van der Waals surface area contributed by atoms with Crippen LogP contribution in [0.15, 0.2) is 73.1 Å². The highest BCUT2D eigenvalue weighted by Gasteiger charge is 2.25. The van der Waals surface area contributed by atoms with E-state index in [4.69, 9.17) is 9.97 Å². The molecule has 1 amide bonds. The number of imidazole rings is 1. The van der Waals surface area contributed by atoms with Crippen LogP contribution in [0.25, 0.3) is 56.0 Å². The molecule has 186 valence electrons. The molecule has 38 heavy (non-hydrogen) atoms. The van der Waals surface area contributed by atoms with E-state index in [0.29, 0.717) is 28.4 Å². The van der Waals surface area contributed by atoms with E-state index in [2.05, 4.69) is 25.5 Å². The molecule has 0 atom stereocenters. The molecule has 0 spiro atoms. The van der Waals surface area contributed by atoms with Crippen molar-refractivity contribution in [1.29, 1.82) is 0 Å². The van der Waals surface area contributed by atoms with E-state index in [9.17, 15) is 9.18 Å². The summed E-state index contributed by atoms with van der Waals surface area (Å²) in [4.78, 5) is 29.8. The molecule has 0 unspecified atom stereocenters. The van der Waals surface area contributed by atoms with Crippen molar-refractivity contribution in [2.75, 3.05) is 5.32 Å². The van der Waals surface area contributed by atoms with Crippen molar-refractivity contribution in [3.05, 3.63) is 78.9 Å². The van der Waals surface area contributed by atoms with Gasteiger partial charge in [0, 0.05) is 23.2 Å². The number of anilines is 1. The number of aromatic amines is 2. The average molecular weight is 504 g/mol. The molecule has 1 aliphatic rings. The molecule has 8 nitrogen and oxygen atoms in total. The van der Waals surface area contributed by atoms with E-state index in [0.717, 1.165) is 52.5 Å². The SMILES string of the molecule is O=C(Nc1cncc(-c2ccc3[nH]nc(-c4nc5c(-c6ccc(F)cc6)cccc5[nH]4)c3n2)c1)C1CCC1. The van der Waals surface area contributed by atoms with E-state index in [1.54, 1.807) is 24.5 Å². The predicted molar refractivity (Wildman–Crippen MR) is 144 cm³/mol. The van der Waals surface area contributed by atoms with Gasteiger partial charge in [0.2, 0.25) is 5.91 Å². The molecule has 4 aromatic heterocycles. The van der Waals surface area contributed by atoms with Crippen molar-refractivity contribution < 1.29 is 9.18 Å². The summed E-state index contributed by atoms with van der Waals surface area (Å²) >= 11 is 0. The summed E-state index contributed by atoms with van der Waals surface area (Å²) in [6.45, 7) is 0. The number of carbonyl (C=O) groups is 1. The van der Waals surface area contributed by atoms with Crippen LogP contribution < -0.4 is 5.32 Å². The zero-order valence-corrected chi connectivity index (χ0v) is 20.2. The fourth-order valence-electron chi connectivity index (χ4n) is 4.79. The van der Waals surface area contributed by atoms with Gasteiger partial charge in [0.05, 0.1) is 34.1 Å². The van der Waals surface area contributed by atoms with E-state index in [1.165, 1.54) is 12.1 Å². The van der Waals surface area contributed by atoms with Crippen LogP contribution >= 0.6 is 0 Å². The highest BCUT2D eigenvalue weighted by atomic mass is 19.1. The number of pyridine rings is 2. The molecular formula is C29H22FN7O. The van der Waals surface area contributed by atoms with E-state index < -0.39 is 0 Å². The van der Waals surface area contributed by atoms with E-state index in [1.807, 2.05) is 36.4 Å². The van der Waals surface area contributed by atoms with Gasteiger partial charge in [0.15, 0.2) is 11.5 Å². The first kappa shape index (κ1) is 22.3. The van der Waals surface area contributed by atoms with Crippen molar-refractivity contribution in [3.63, 3.8) is 0 Å². The molecule has 0 aliphatic heterocycles. The summed E-state index contributed by atoms with van der Waals surface area (Å²) in [5.74, 6) is 0.426. The number of aromatic nitrogens is 6. The maximum Gasteiger partial charge on any atom is 0.227 e. The summed E-state index contributed by atoms with van der Waals surface area (Å²) in [5.41, 5.74) is 7.53. The van der Waals surface area contributed by atoms with Gasteiger partial charge in [-0.3, -0.25) is 14.9 Å². The number of amides is 1. The van der Waals surface area contributed by atoms with Crippen molar-refractivity contribution >= 4 is 33.7 Å². The molecular weight excluding hydrogens is 481 g/mol. The molecule has 6 aromatic rings. The summed E-state index contributed by atoms with van der Waals surface area (Å²) in [5, 5.41) is 10.5. The number of para-hydroxylation sites is 1. The third-order valence-corrected chi connectivity index (χ3v) is 7.08. The van der Waals surface area contributed by atoms with Crippen LogP contribution in [0.4, 0.5) is 10.1 Å². The number of benzene rings is 2. The lowest BCUT2D eigenvalue weighted by atomic mass is 9.85. The Labute approximate surface area is 216 Å². The van der Waals surface area contributed by atoms with Crippen LogP contribution in [-0.2, 0) is 4.79 Å². The van der Waals surface area contributed by atoms with Gasteiger partial charge in [0.25, 0.3) is 0 Å². The second kappa shape index (κ2) is 8.88. The number of hydrogen-bond acceptors (Lipinski definition) is 5. The molecule has 0 bridgehead atoms. The highest BCUT2D eigenvalue weighted by Crippen LogP contribution is 2.32. The Kier molecular flexibility index (Phi) is 5.21. The lowest BCUT2D eigenvalue weighted by Gasteiger charge is -2.24. The molecule has 7 rings (SSSR count). The number of hydrogen-bond donors (Lipinski definition) is 3. The fraction of sp³-hybridized carbons (Fsp3) is 0.138. The van der Waals surface area contributed by atoms with Gasteiger partial charge in [-0.25, -0.2) is 14.4 Å². The van der Waals surface area contributed by atoms with Gasteiger partial charge in [-0.2, -0.15) is 5.10 Å². The second-order valence-electron chi connectivity index (χ2n) is 9.54. The van der Waals surface area contributed by atoms with Gasteiger partial charge < -0.3 is 10.3 Å². The smallest absolute Gasteiger partial charge is 0.227 e. The Morgan fingerprint density at radius 3 is 2.61 bits per heavy atom. The van der Waals surface area contributed by atoms with E-state index in [-0.39, 0.29) is 17.6 Å². The standard InChI is InChI=1S/C29H22FN7O/c30-19-9-7-16(8-10-19)21-5-2-6-23-25(21)35-28(34-23)27-26-24(36-37-27)12-11-22(33-26)18-13-20(15-31-14-18)32-29(38)17-3-1-4-17/h2,5-15,17H,1,3-4H2,(H,32,38)(H,34,35)(H,36,37). The summed E-state index contributed by atoms with van der Waals surface area (Å²) in [6.07, 6.45) is 6.35. The number of nitrogens with one attached hydrogen (secondary N) is 3. The van der Waals surface area contributed by atoms with Crippen molar-refractivity contribution in [3.8, 4) is 33.9 Å². The molecule has 2 aromatic carbocycles. The Morgan fingerprint density at radius 2 is 1.79 bits per heavy atom. The molecule has 1 saturated carbocycles. The Morgan fingerprint density at radius 1 is 0.921 bits per heavy atom. The first-order chi connectivity index (χ1) is 18.6. The van der Waals surface area contributed by atoms with Crippen molar-refractivity contribution in [2.24, 2.45) is 5.92 Å². The third-order valence-electron chi connectivity index (χ3n) is 7.08. The average Bonchev–Trinajstić information content (AvgIpc) is 3.52. The largest absolute Gasteiger partial charge is 0.336 e. The predicted octanol–water partition coefficient (Wildman–Crippen LogP) is 6.11. The number of carbonyl (C=O) groups excluding carboxylic acids is 1. The second-order valence-corrected chi connectivity index (χ2v) is 9.54. The molecule has 0 radical (unpaired) electrons. The minimum absolute atomic E-state index is 0.0422. The fourth-order valence-corrected chi connectivity index (χ4v) is 4.79. The Hall–Kier alpha value is -4.92. The Balaban J connectivity index is 1.26. The van der Waals surface area contributed by atoms with Crippen LogP contribution in [0.5, 0.6) is 0 Å². The quantitative estimate of drug-likeness (QED) is 0.263. The van der Waals surface area contributed by atoms with Crippen LogP contribution in [-0.4, -0.2) is 36.0 Å². The van der Waals surface area contributed by atoms with Crippen LogP contribution in [0.3, 0.4) is 0 Å². The first-order valence-corrected chi connectivity index (χ1v) is 12.5. The summed E-state index contributed by atoms with van der Waals surface area (Å²) < 4.78 is 13.5. The van der Waals surface area contributed by atoms with Crippen LogP contribution in [0, 0.1) is 11.7 Å². The monoisotopic (exact) mass is 503 g/mol. The lowest BCUT2D eigenvalue weighted by molar-refractivity contribution is -0.122. The number of nitrogens with zero attached hydrogens (tertiary/aromatic N) is 4. The normalized spacial score (nSPS) is 13.6. The lowest BCUT2D eigenvalue weighted by Crippen LogP contribution is -2.28. The molecule has 0 saturated heterocycles. The number of fused-ring (bicyclic) bond motifs is 2. The van der Waals surface area contributed by atoms with Gasteiger partial charge in [-0.05, 0) is 54.8 Å². The minimum atomic E-state index is -0.282. The number of halogens is 1. The maximum atomic E-state index is 13.5. The number of H-pyrrole nitrogens is 2. The van der Waals surface area contributed by atoms with Gasteiger partial charge in [0.1, 0.15) is 11.3 Å². The minimum Gasteiger partial charge on any atom is -0.336 e. The van der Waals surface area contributed by atoms with Gasteiger partial charge >= 0.3 is 0 Å². The van der Waals surface area contributed by atoms with Gasteiger partial charge in [-0.15, -0.1) is 0 Å².